The molecule has 4 rings (SSSR count). The first kappa shape index (κ1) is 19.4. The van der Waals surface area contributed by atoms with E-state index in [4.69, 9.17) is 4.74 Å². The molecule has 1 heterocycles. The molecule has 6 nitrogen and oxygen atoms in total. The van der Waals surface area contributed by atoms with Crippen LogP contribution >= 0.6 is 0 Å². The molecule has 1 aliphatic heterocycles. The number of barbiturate groups is 1. The molecular weight excluding hydrogens is 380 g/mol. The van der Waals surface area contributed by atoms with Gasteiger partial charge in [0, 0.05) is 5.56 Å². The van der Waals surface area contributed by atoms with Gasteiger partial charge < -0.3 is 4.74 Å². The minimum atomic E-state index is -0.767. The SMILES string of the molecule is COc1ccc2ccccc2c1/C=C1/C(=O)NC(=O)N(c2cc(C)cc(C)c2)C1=O. The van der Waals surface area contributed by atoms with Crippen molar-refractivity contribution in [2.75, 3.05) is 12.0 Å². The summed E-state index contributed by atoms with van der Waals surface area (Å²) in [5, 5.41) is 4.05. The van der Waals surface area contributed by atoms with E-state index in [0.717, 1.165) is 26.8 Å². The third kappa shape index (κ3) is 3.33. The van der Waals surface area contributed by atoms with E-state index in [2.05, 4.69) is 5.32 Å². The van der Waals surface area contributed by atoms with E-state index >= 15 is 0 Å². The number of nitrogens with zero attached hydrogens (tertiary/aromatic N) is 1. The molecule has 1 saturated heterocycles. The second-order valence-corrected chi connectivity index (χ2v) is 7.21. The predicted molar refractivity (Wildman–Crippen MR) is 115 cm³/mol. The monoisotopic (exact) mass is 400 g/mol. The molecule has 3 aromatic carbocycles. The van der Waals surface area contributed by atoms with Gasteiger partial charge in [-0.05, 0) is 60.0 Å². The molecule has 4 amide bonds. The number of fused-ring (bicyclic) bond motifs is 1. The average Bonchev–Trinajstić information content (AvgIpc) is 2.70. The quantitative estimate of drug-likeness (QED) is 0.530. The Kier molecular flexibility index (Phi) is 4.83. The Hall–Kier alpha value is -3.93. The lowest BCUT2D eigenvalue weighted by molar-refractivity contribution is -0.122. The number of hydrogen-bond donors (Lipinski definition) is 1. The van der Waals surface area contributed by atoms with Gasteiger partial charge in [0.1, 0.15) is 11.3 Å². The van der Waals surface area contributed by atoms with Crippen LogP contribution in [0.2, 0.25) is 0 Å². The lowest BCUT2D eigenvalue weighted by atomic mass is 9.99. The van der Waals surface area contributed by atoms with E-state index in [1.165, 1.54) is 13.2 Å². The Morgan fingerprint density at radius 2 is 1.63 bits per heavy atom. The van der Waals surface area contributed by atoms with Crippen molar-refractivity contribution in [1.82, 2.24) is 5.32 Å². The predicted octanol–water partition coefficient (Wildman–Crippen LogP) is 4.13. The molecule has 0 radical (unpaired) electrons. The number of imide groups is 2. The molecular formula is C24H20N2O4. The van der Waals surface area contributed by atoms with Crippen molar-refractivity contribution in [3.63, 3.8) is 0 Å². The number of ether oxygens (including phenoxy) is 1. The van der Waals surface area contributed by atoms with Crippen LogP contribution in [0.1, 0.15) is 16.7 Å². The maximum absolute atomic E-state index is 13.2. The highest BCUT2D eigenvalue weighted by atomic mass is 16.5. The third-order valence-electron chi connectivity index (χ3n) is 5.01. The Balaban J connectivity index is 1.87. The van der Waals surface area contributed by atoms with E-state index in [-0.39, 0.29) is 5.57 Å². The number of benzene rings is 3. The maximum atomic E-state index is 13.2. The summed E-state index contributed by atoms with van der Waals surface area (Å²) in [7, 11) is 1.53. The minimum absolute atomic E-state index is 0.136. The highest BCUT2D eigenvalue weighted by Crippen LogP contribution is 2.31. The largest absolute Gasteiger partial charge is 0.496 e. The number of amides is 4. The van der Waals surface area contributed by atoms with Crippen molar-refractivity contribution in [3.8, 4) is 5.75 Å². The summed E-state index contributed by atoms with van der Waals surface area (Å²) in [4.78, 5) is 39.3. The second kappa shape index (κ2) is 7.48. The molecule has 0 aromatic heterocycles. The highest BCUT2D eigenvalue weighted by Gasteiger charge is 2.37. The van der Waals surface area contributed by atoms with Crippen LogP contribution in [0.4, 0.5) is 10.5 Å². The first-order valence-electron chi connectivity index (χ1n) is 9.44. The zero-order valence-corrected chi connectivity index (χ0v) is 16.9. The standard InChI is InChI=1S/C24H20N2O4/c1-14-10-15(2)12-17(11-14)26-23(28)20(22(27)25-24(26)29)13-19-18-7-5-4-6-16(18)8-9-21(19)30-3/h4-13H,1-3H3,(H,25,27,29)/b20-13-. The van der Waals surface area contributed by atoms with Gasteiger partial charge >= 0.3 is 6.03 Å². The smallest absolute Gasteiger partial charge is 0.335 e. The molecule has 0 aliphatic carbocycles. The molecule has 0 saturated carbocycles. The fourth-order valence-electron chi connectivity index (χ4n) is 3.72. The summed E-state index contributed by atoms with van der Waals surface area (Å²) in [5.41, 5.74) is 2.69. The Labute approximate surface area is 173 Å². The molecule has 150 valence electrons. The Morgan fingerprint density at radius 3 is 2.33 bits per heavy atom. The van der Waals surface area contributed by atoms with Gasteiger partial charge in [-0.2, -0.15) is 0 Å². The van der Waals surface area contributed by atoms with Crippen molar-refractivity contribution in [2.24, 2.45) is 0 Å². The minimum Gasteiger partial charge on any atom is -0.496 e. The molecule has 1 aliphatic rings. The van der Waals surface area contributed by atoms with Crippen LogP contribution in [0.15, 0.2) is 60.2 Å². The van der Waals surface area contributed by atoms with Gasteiger partial charge in [-0.3, -0.25) is 14.9 Å². The van der Waals surface area contributed by atoms with Crippen LogP contribution in [0.5, 0.6) is 5.75 Å². The lowest BCUT2D eigenvalue weighted by Crippen LogP contribution is -2.54. The van der Waals surface area contributed by atoms with Crippen LogP contribution in [0.25, 0.3) is 16.8 Å². The number of urea groups is 1. The first-order valence-corrected chi connectivity index (χ1v) is 9.44. The van der Waals surface area contributed by atoms with E-state index < -0.39 is 17.8 Å². The summed E-state index contributed by atoms with van der Waals surface area (Å²) in [6, 6.07) is 15.9. The van der Waals surface area contributed by atoms with Gasteiger partial charge in [0.25, 0.3) is 11.8 Å². The summed E-state index contributed by atoms with van der Waals surface area (Å²) < 4.78 is 5.46. The topological polar surface area (TPSA) is 75.7 Å². The van der Waals surface area contributed by atoms with Crippen LogP contribution in [0, 0.1) is 13.8 Å². The zero-order valence-electron chi connectivity index (χ0n) is 16.9. The van der Waals surface area contributed by atoms with Gasteiger partial charge in [0.05, 0.1) is 12.8 Å². The van der Waals surface area contributed by atoms with Gasteiger partial charge in [0.15, 0.2) is 0 Å². The van der Waals surface area contributed by atoms with Gasteiger partial charge in [-0.1, -0.05) is 36.4 Å². The molecule has 6 heteroatoms. The summed E-state index contributed by atoms with van der Waals surface area (Å²) in [6.07, 6.45) is 1.49. The molecule has 0 unspecified atom stereocenters. The third-order valence-corrected chi connectivity index (χ3v) is 5.01. The van der Waals surface area contributed by atoms with E-state index in [1.807, 2.05) is 50.2 Å². The highest BCUT2D eigenvalue weighted by molar-refractivity contribution is 6.39. The number of aryl methyl sites for hydroxylation is 2. The van der Waals surface area contributed by atoms with Crippen LogP contribution in [0.3, 0.4) is 0 Å². The van der Waals surface area contributed by atoms with Crippen molar-refractivity contribution >= 4 is 40.4 Å². The van der Waals surface area contributed by atoms with E-state index in [9.17, 15) is 14.4 Å². The Morgan fingerprint density at radius 1 is 0.933 bits per heavy atom. The summed E-state index contributed by atoms with van der Waals surface area (Å²) >= 11 is 0. The molecule has 3 aromatic rings. The molecule has 1 N–H and O–H groups in total. The van der Waals surface area contributed by atoms with Crippen molar-refractivity contribution in [3.05, 3.63) is 76.9 Å². The molecule has 30 heavy (non-hydrogen) atoms. The van der Waals surface area contributed by atoms with Crippen molar-refractivity contribution in [1.29, 1.82) is 0 Å². The fourth-order valence-corrected chi connectivity index (χ4v) is 3.72. The van der Waals surface area contributed by atoms with Gasteiger partial charge in [-0.25, -0.2) is 9.69 Å². The second-order valence-electron chi connectivity index (χ2n) is 7.21. The fraction of sp³-hybridized carbons (Fsp3) is 0.125. The van der Waals surface area contributed by atoms with Crippen LogP contribution in [-0.2, 0) is 9.59 Å². The lowest BCUT2D eigenvalue weighted by Gasteiger charge is -2.27. The average molecular weight is 400 g/mol. The zero-order chi connectivity index (χ0) is 21.4. The molecule has 0 bridgehead atoms. The number of carbonyl (C=O) groups excluding carboxylic acids is 3. The number of hydrogen-bond acceptors (Lipinski definition) is 4. The number of nitrogens with one attached hydrogen (secondary N) is 1. The van der Waals surface area contributed by atoms with E-state index in [0.29, 0.717) is 17.0 Å². The van der Waals surface area contributed by atoms with E-state index in [1.54, 1.807) is 18.2 Å². The molecule has 0 spiro atoms. The number of anilines is 1. The van der Waals surface area contributed by atoms with Gasteiger partial charge in [-0.15, -0.1) is 0 Å². The summed E-state index contributed by atoms with van der Waals surface area (Å²) in [5.74, 6) is -0.888. The maximum Gasteiger partial charge on any atom is 0.335 e. The number of carbonyl (C=O) groups is 3. The Bertz CT molecular complexity index is 1220. The molecule has 1 fully saturated rings. The molecule has 0 atom stereocenters. The van der Waals surface area contributed by atoms with Gasteiger partial charge in [0.2, 0.25) is 0 Å². The number of rotatable bonds is 3. The van der Waals surface area contributed by atoms with Crippen LogP contribution in [-0.4, -0.2) is 25.0 Å². The normalized spacial score (nSPS) is 15.6. The van der Waals surface area contributed by atoms with Crippen molar-refractivity contribution < 1.29 is 19.1 Å². The van der Waals surface area contributed by atoms with Crippen LogP contribution < -0.4 is 15.0 Å². The summed E-state index contributed by atoms with van der Waals surface area (Å²) in [6.45, 7) is 3.76. The number of methoxy groups -OCH3 is 1. The van der Waals surface area contributed by atoms with Crippen molar-refractivity contribution in [2.45, 2.75) is 13.8 Å². The first-order chi connectivity index (χ1) is 14.4.